The Balaban J connectivity index is 1.80. The predicted octanol–water partition coefficient (Wildman–Crippen LogP) is 1.26. The van der Waals surface area contributed by atoms with Crippen molar-refractivity contribution in [3.63, 3.8) is 0 Å². The van der Waals surface area contributed by atoms with Crippen molar-refractivity contribution in [1.82, 2.24) is 10.2 Å². The molecule has 0 radical (unpaired) electrons. The molecule has 0 saturated carbocycles. The van der Waals surface area contributed by atoms with Crippen molar-refractivity contribution >= 4 is 5.91 Å². The number of morpholine rings is 1. The molecule has 2 aliphatic rings. The van der Waals surface area contributed by atoms with Crippen LogP contribution in [-0.2, 0) is 9.53 Å². The Morgan fingerprint density at radius 3 is 2.78 bits per heavy atom. The van der Waals surface area contributed by atoms with Crippen molar-refractivity contribution < 1.29 is 9.53 Å². The summed E-state index contributed by atoms with van der Waals surface area (Å²) in [5.41, 5.74) is 0. The van der Waals surface area contributed by atoms with E-state index in [2.05, 4.69) is 19.2 Å². The minimum absolute atomic E-state index is 0.218. The van der Waals surface area contributed by atoms with Crippen molar-refractivity contribution in [3.05, 3.63) is 0 Å². The summed E-state index contributed by atoms with van der Waals surface area (Å²) >= 11 is 0. The minimum Gasteiger partial charge on any atom is -0.374 e. The summed E-state index contributed by atoms with van der Waals surface area (Å²) in [4.78, 5) is 14.3. The molecule has 2 rings (SSSR count). The Hall–Kier alpha value is -0.610. The molecular weight excluding hydrogens is 228 g/mol. The average molecular weight is 254 g/mol. The highest BCUT2D eigenvalue weighted by atomic mass is 16.5. The van der Waals surface area contributed by atoms with Crippen LogP contribution in [0.3, 0.4) is 0 Å². The van der Waals surface area contributed by atoms with E-state index in [1.807, 2.05) is 4.90 Å². The van der Waals surface area contributed by atoms with Gasteiger partial charge >= 0.3 is 0 Å². The minimum atomic E-state index is 0.218. The normalized spacial score (nSPS) is 26.6. The number of hydrogen-bond donors (Lipinski definition) is 1. The maximum atomic E-state index is 12.3. The first-order valence-corrected chi connectivity index (χ1v) is 7.27. The highest BCUT2D eigenvalue weighted by molar-refractivity contribution is 5.76. The lowest BCUT2D eigenvalue weighted by molar-refractivity contribution is -0.141. The number of rotatable bonds is 3. The fourth-order valence-electron chi connectivity index (χ4n) is 2.77. The maximum absolute atomic E-state index is 12.3. The van der Waals surface area contributed by atoms with Gasteiger partial charge in [0.25, 0.3) is 0 Å². The summed E-state index contributed by atoms with van der Waals surface area (Å²) in [5.74, 6) is 1.40. The first-order valence-electron chi connectivity index (χ1n) is 7.27. The fourth-order valence-corrected chi connectivity index (χ4v) is 2.77. The Labute approximate surface area is 110 Å². The van der Waals surface area contributed by atoms with E-state index in [1.54, 1.807) is 0 Å². The molecular formula is C14H26N2O2. The molecule has 18 heavy (non-hydrogen) atoms. The van der Waals surface area contributed by atoms with Crippen LogP contribution < -0.4 is 5.32 Å². The maximum Gasteiger partial charge on any atom is 0.223 e. The topological polar surface area (TPSA) is 41.6 Å². The lowest BCUT2D eigenvalue weighted by Gasteiger charge is -2.36. The van der Waals surface area contributed by atoms with Gasteiger partial charge in [-0.3, -0.25) is 4.79 Å². The van der Waals surface area contributed by atoms with Crippen LogP contribution in [0.5, 0.6) is 0 Å². The molecule has 0 aliphatic carbocycles. The second-order valence-electron chi connectivity index (χ2n) is 5.89. The first-order chi connectivity index (χ1) is 8.66. The van der Waals surface area contributed by atoms with E-state index in [9.17, 15) is 4.79 Å². The molecule has 0 spiro atoms. The number of ether oxygens (including phenoxy) is 1. The Bertz CT molecular complexity index is 275. The zero-order valence-electron chi connectivity index (χ0n) is 11.7. The third-order valence-corrected chi connectivity index (χ3v) is 4.11. The molecule has 2 heterocycles. The fraction of sp³-hybridized carbons (Fsp3) is 0.929. The first kappa shape index (κ1) is 13.8. The van der Waals surface area contributed by atoms with Gasteiger partial charge in [0.05, 0.1) is 12.7 Å². The lowest BCUT2D eigenvalue weighted by atomic mass is 9.94. The highest BCUT2D eigenvalue weighted by Crippen LogP contribution is 2.19. The van der Waals surface area contributed by atoms with Gasteiger partial charge in [-0.15, -0.1) is 0 Å². The molecule has 0 aromatic heterocycles. The summed E-state index contributed by atoms with van der Waals surface area (Å²) < 4.78 is 5.71. The molecule has 2 aliphatic heterocycles. The van der Waals surface area contributed by atoms with Gasteiger partial charge in [-0.2, -0.15) is 0 Å². The standard InChI is InChI=1S/C14H26N2O2/c1-11(2)13-10-16(7-8-18-13)14(17)9-12-3-5-15-6-4-12/h11-13,15H,3-10H2,1-2H3. The number of nitrogens with zero attached hydrogens (tertiary/aromatic N) is 1. The van der Waals surface area contributed by atoms with Crippen LogP contribution in [0.25, 0.3) is 0 Å². The molecule has 2 saturated heterocycles. The molecule has 4 heteroatoms. The van der Waals surface area contributed by atoms with Crippen LogP contribution in [0.2, 0.25) is 0 Å². The van der Waals surface area contributed by atoms with Gasteiger partial charge in [0.1, 0.15) is 0 Å². The molecule has 0 bridgehead atoms. The zero-order valence-corrected chi connectivity index (χ0v) is 11.7. The molecule has 2 fully saturated rings. The van der Waals surface area contributed by atoms with E-state index >= 15 is 0 Å². The number of amides is 1. The number of carbonyl (C=O) groups is 1. The van der Waals surface area contributed by atoms with Gasteiger partial charge in [-0.25, -0.2) is 0 Å². The highest BCUT2D eigenvalue weighted by Gasteiger charge is 2.27. The Kier molecular flexibility index (Phi) is 5.01. The third-order valence-electron chi connectivity index (χ3n) is 4.11. The summed E-state index contributed by atoms with van der Waals surface area (Å²) in [6, 6.07) is 0. The molecule has 1 amide bonds. The number of hydrogen-bond acceptors (Lipinski definition) is 3. The van der Waals surface area contributed by atoms with Crippen molar-refractivity contribution in [3.8, 4) is 0 Å². The van der Waals surface area contributed by atoms with E-state index < -0.39 is 0 Å². The van der Waals surface area contributed by atoms with Gasteiger partial charge in [0.2, 0.25) is 5.91 Å². The van der Waals surface area contributed by atoms with Crippen LogP contribution in [0.15, 0.2) is 0 Å². The van der Waals surface area contributed by atoms with Crippen molar-refractivity contribution in [2.45, 2.75) is 39.2 Å². The summed E-state index contributed by atoms with van der Waals surface area (Å²) in [6.45, 7) is 8.69. The van der Waals surface area contributed by atoms with Crippen LogP contribution in [-0.4, -0.2) is 49.7 Å². The SMILES string of the molecule is CC(C)C1CN(C(=O)CC2CCNCC2)CCO1. The van der Waals surface area contributed by atoms with E-state index in [-0.39, 0.29) is 6.10 Å². The second kappa shape index (κ2) is 6.53. The summed E-state index contributed by atoms with van der Waals surface area (Å²) in [5, 5.41) is 3.34. The Morgan fingerprint density at radius 2 is 2.11 bits per heavy atom. The molecule has 1 unspecified atom stereocenters. The third kappa shape index (κ3) is 3.69. The second-order valence-corrected chi connectivity index (χ2v) is 5.89. The van der Waals surface area contributed by atoms with Gasteiger partial charge in [0, 0.05) is 19.5 Å². The molecule has 1 N–H and O–H groups in total. The monoisotopic (exact) mass is 254 g/mol. The number of nitrogens with one attached hydrogen (secondary N) is 1. The average Bonchev–Trinajstić information content (AvgIpc) is 2.40. The van der Waals surface area contributed by atoms with E-state index in [1.165, 1.54) is 0 Å². The van der Waals surface area contributed by atoms with E-state index in [0.717, 1.165) is 45.4 Å². The molecule has 4 nitrogen and oxygen atoms in total. The van der Waals surface area contributed by atoms with Gasteiger partial charge in [0.15, 0.2) is 0 Å². The summed E-state index contributed by atoms with van der Waals surface area (Å²) in [7, 11) is 0. The van der Waals surface area contributed by atoms with Crippen LogP contribution in [0.4, 0.5) is 0 Å². The van der Waals surface area contributed by atoms with Gasteiger partial charge in [-0.1, -0.05) is 13.8 Å². The smallest absolute Gasteiger partial charge is 0.223 e. The van der Waals surface area contributed by atoms with Crippen molar-refractivity contribution in [1.29, 1.82) is 0 Å². The van der Waals surface area contributed by atoms with E-state index in [0.29, 0.717) is 24.3 Å². The van der Waals surface area contributed by atoms with Crippen LogP contribution in [0.1, 0.15) is 33.1 Å². The quantitative estimate of drug-likeness (QED) is 0.824. The van der Waals surface area contributed by atoms with Crippen LogP contribution >= 0.6 is 0 Å². The van der Waals surface area contributed by atoms with Gasteiger partial charge < -0.3 is 15.0 Å². The number of piperidine rings is 1. The van der Waals surface area contributed by atoms with Crippen molar-refractivity contribution in [2.75, 3.05) is 32.8 Å². The Morgan fingerprint density at radius 1 is 1.39 bits per heavy atom. The molecule has 1 atom stereocenters. The van der Waals surface area contributed by atoms with Crippen molar-refractivity contribution in [2.24, 2.45) is 11.8 Å². The predicted molar refractivity (Wildman–Crippen MR) is 71.4 cm³/mol. The molecule has 0 aromatic carbocycles. The molecule has 0 aromatic rings. The largest absolute Gasteiger partial charge is 0.374 e. The lowest BCUT2D eigenvalue weighted by Crippen LogP contribution is -2.48. The number of carbonyl (C=O) groups excluding carboxylic acids is 1. The molecule has 104 valence electrons. The van der Waals surface area contributed by atoms with Crippen LogP contribution in [0, 0.1) is 11.8 Å². The van der Waals surface area contributed by atoms with Gasteiger partial charge in [-0.05, 0) is 37.8 Å². The zero-order chi connectivity index (χ0) is 13.0. The van der Waals surface area contributed by atoms with E-state index in [4.69, 9.17) is 4.74 Å². The summed E-state index contributed by atoms with van der Waals surface area (Å²) in [6.07, 6.45) is 3.23.